The van der Waals surface area contributed by atoms with E-state index in [0.717, 1.165) is 6.42 Å². The molecule has 3 aromatic rings. The first-order chi connectivity index (χ1) is 9.38. The van der Waals surface area contributed by atoms with Gasteiger partial charge in [-0.15, -0.1) is 11.3 Å². The van der Waals surface area contributed by atoms with Gasteiger partial charge >= 0.3 is 0 Å². The van der Waals surface area contributed by atoms with Crippen LogP contribution >= 0.6 is 11.3 Å². The monoisotopic (exact) mass is 266 g/mol. The number of hydrogen-bond acceptors (Lipinski definition) is 1. The molecule has 1 atom stereocenters. The summed E-state index contributed by atoms with van der Waals surface area (Å²) >= 11 is 1.90. The second-order valence-electron chi connectivity index (χ2n) is 4.97. The Morgan fingerprint density at radius 1 is 0.947 bits per heavy atom. The molecule has 1 unspecified atom stereocenters. The van der Waals surface area contributed by atoms with E-state index in [1.165, 1.54) is 27.6 Å². The second-order valence-corrected chi connectivity index (χ2v) is 5.93. The summed E-state index contributed by atoms with van der Waals surface area (Å²) in [5.41, 5.74) is 1.46. The van der Waals surface area contributed by atoms with Crippen LogP contribution in [0.25, 0.3) is 10.8 Å². The maximum atomic E-state index is 2.29. The van der Waals surface area contributed by atoms with Crippen LogP contribution in [0.4, 0.5) is 0 Å². The Labute approximate surface area is 118 Å². The molecule has 0 aliphatic rings. The summed E-state index contributed by atoms with van der Waals surface area (Å²) in [6, 6.07) is 19.6. The molecule has 0 fully saturated rings. The summed E-state index contributed by atoms with van der Waals surface area (Å²) in [6.45, 7) is 2.29. The van der Waals surface area contributed by atoms with Crippen LogP contribution in [-0.2, 0) is 6.42 Å². The van der Waals surface area contributed by atoms with Crippen molar-refractivity contribution < 1.29 is 0 Å². The van der Waals surface area contributed by atoms with E-state index in [1.54, 1.807) is 0 Å². The highest BCUT2D eigenvalue weighted by Gasteiger charge is 2.13. The van der Waals surface area contributed by atoms with E-state index in [9.17, 15) is 0 Å². The second kappa shape index (κ2) is 5.58. The molecule has 0 N–H and O–H groups in total. The zero-order valence-corrected chi connectivity index (χ0v) is 12.0. The van der Waals surface area contributed by atoms with Gasteiger partial charge in [-0.3, -0.25) is 0 Å². The summed E-state index contributed by atoms with van der Waals surface area (Å²) < 4.78 is 0. The highest BCUT2D eigenvalue weighted by atomic mass is 32.1. The maximum absolute atomic E-state index is 2.29. The fourth-order valence-electron chi connectivity index (χ4n) is 2.66. The van der Waals surface area contributed by atoms with Crippen LogP contribution in [0.1, 0.15) is 29.7 Å². The fraction of sp³-hybridized carbons (Fsp3) is 0.222. The van der Waals surface area contributed by atoms with Crippen LogP contribution in [0.2, 0.25) is 0 Å². The van der Waals surface area contributed by atoms with E-state index in [0.29, 0.717) is 5.92 Å². The number of thiophene rings is 1. The zero-order valence-electron chi connectivity index (χ0n) is 11.2. The van der Waals surface area contributed by atoms with E-state index >= 15 is 0 Å². The van der Waals surface area contributed by atoms with E-state index in [2.05, 4.69) is 66.9 Å². The van der Waals surface area contributed by atoms with Crippen molar-refractivity contribution in [2.75, 3.05) is 0 Å². The highest BCUT2D eigenvalue weighted by molar-refractivity contribution is 7.11. The Kier molecular flexibility index (Phi) is 3.65. The molecular formula is C18H18S. The number of benzene rings is 2. The lowest BCUT2D eigenvalue weighted by Crippen LogP contribution is -2.00. The van der Waals surface area contributed by atoms with Crippen molar-refractivity contribution in [2.24, 2.45) is 0 Å². The van der Waals surface area contributed by atoms with E-state index < -0.39 is 0 Å². The maximum Gasteiger partial charge on any atom is 0.0130 e. The molecule has 0 radical (unpaired) electrons. The first-order valence-corrected chi connectivity index (χ1v) is 7.76. The van der Waals surface area contributed by atoms with E-state index in [4.69, 9.17) is 0 Å². The fourth-order valence-corrected chi connectivity index (χ4v) is 3.74. The molecule has 1 heteroatoms. The van der Waals surface area contributed by atoms with Crippen LogP contribution in [0, 0.1) is 0 Å². The molecule has 0 amide bonds. The van der Waals surface area contributed by atoms with Gasteiger partial charge in [0.25, 0.3) is 0 Å². The summed E-state index contributed by atoms with van der Waals surface area (Å²) in [4.78, 5) is 1.52. The number of hydrogen-bond donors (Lipinski definition) is 0. The standard InChI is InChI=1S/C18H18S/c1-2-14(15-8-4-3-5-9-15)12-18-17-11-7-6-10-16(17)13-19-18/h3-11,13-14H,2,12H2,1H3. The van der Waals surface area contributed by atoms with Crippen molar-refractivity contribution >= 4 is 22.1 Å². The predicted octanol–water partition coefficient (Wildman–Crippen LogP) is 5.64. The Morgan fingerprint density at radius 2 is 1.68 bits per heavy atom. The van der Waals surface area contributed by atoms with Crippen molar-refractivity contribution in [3.8, 4) is 0 Å². The predicted molar refractivity (Wildman–Crippen MR) is 85.0 cm³/mol. The SMILES string of the molecule is CCC(Cc1scc2ccccc12)c1ccccc1. The molecule has 96 valence electrons. The van der Waals surface area contributed by atoms with Crippen molar-refractivity contribution in [3.05, 3.63) is 70.4 Å². The number of fused-ring (bicyclic) bond motifs is 1. The van der Waals surface area contributed by atoms with Gasteiger partial charge in [0.1, 0.15) is 0 Å². The third-order valence-corrected chi connectivity index (χ3v) is 4.83. The Morgan fingerprint density at radius 3 is 2.47 bits per heavy atom. The molecule has 0 saturated heterocycles. The smallest absolute Gasteiger partial charge is 0.0130 e. The normalized spacial score (nSPS) is 12.7. The summed E-state index contributed by atoms with van der Waals surface area (Å²) in [5, 5.41) is 5.09. The molecular weight excluding hydrogens is 248 g/mol. The molecule has 0 nitrogen and oxygen atoms in total. The van der Waals surface area contributed by atoms with Crippen LogP contribution in [0.15, 0.2) is 60.0 Å². The minimum atomic E-state index is 0.628. The van der Waals surface area contributed by atoms with Gasteiger partial charge in [0.2, 0.25) is 0 Å². The van der Waals surface area contributed by atoms with Crippen LogP contribution in [0.5, 0.6) is 0 Å². The molecule has 1 aromatic heterocycles. The highest BCUT2D eigenvalue weighted by Crippen LogP contribution is 2.32. The summed E-state index contributed by atoms with van der Waals surface area (Å²) in [5.74, 6) is 0.628. The van der Waals surface area contributed by atoms with Gasteiger partial charge in [0, 0.05) is 4.88 Å². The molecule has 2 aromatic carbocycles. The topological polar surface area (TPSA) is 0 Å². The lowest BCUT2D eigenvalue weighted by Gasteiger charge is -2.14. The molecule has 0 saturated carbocycles. The molecule has 0 spiro atoms. The van der Waals surface area contributed by atoms with Gasteiger partial charge in [-0.05, 0) is 40.5 Å². The Hall–Kier alpha value is -1.60. The average Bonchev–Trinajstić information content (AvgIpc) is 2.89. The minimum Gasteiger partial charge on any atom is -0.148 e. The van der Waals surface area contributed by atoms with Gasteiger partial charge in [-0.1, -0.05) is 61.5 Å². The van der Waals surface area contributed by atoms with Crippen molar-refractivity contribution in [3.63, 3.8) is 0 Å². The van der Waals surface area contributed by atoms with Crippen LogP contribution in [-0.4, -0.2) is 0 Å². The van der Waals surface area contributed by atoms with Gasteiger partial charge < -0.3 is 0 Å². The lowest BCUT2D eigenvalue weighted by atomic mass is 9.92. The summed E-state index contributed by atoms with van der Waals surface area (Å²) in [6.07, 6.45) is 2.34. The minimum absolute atomic E-state index is 0.628. The van der Waals surface area contributed by atoms with Gasteiger partial charge in [-0.25, -0.2) is 0 Å². The Balaban J connectivity index is 1.91. The first kappa shape index (κ1) is 12.4. The summed E-state index contributed by atoms with van der Waals surface area (Å²) in [7, 11) is 0. The van der Waals surface area contributed by atoms with Crippen LogP contribution < -0.4 is 0 Å². The largest absolute Gasteiger partial charge is 0.148 e. The Bertz CT molecular complexity index is 652. The molecule has 19 heavy (non-hydrogen) atoms. The number of rotatable bonds is 4. The van der Waals surface area contributed by atoms with E-state index in [-0.39, 0.29) is 0 Å². The molecule has 0 bridgehead atoms. The molecule has 1 heterocycles. The lowest BCUT2D eigenvalue weighted by molar-refractivity contribution is 0.668. The molecule has 0 aliphatic heterocycles. The van der Waals surface area contributed by atoms with Crippen molar-refractivity contribution in [2.45, 2.75) is 25.7 Å². The van der Waals surface area contributed by atoms with Crippen molar-refractivity contribution in [1.29, 1.82) is 0 Å². The third kappa shape index (κ3) is 2.57. The van der Waals surface area contributed by atoms with Gasteiger partial charge in [0.15, 0.2) is 0 Å². The zero-order chi connectivity index (χ0) is 13.1. The quantitative estimate of drug-likeness (QED) is 0.573. The average molecular weight is 266 g/mol. The van der Waals surface area contributed by atoms with Crippen molar-refractivity contribution in [1.82, 2.24) is 0 Å². The van der Waals surface area contributed by atoms with E-state index in [1.807, 2.05) is 11.3 Å². The molecule has 3 rings (SSSR count). The molecule has 0 aliphatic carbocycles. The van der Waals surface area contributed by atoms with Gasteiger partial charge in [0.05, 0.1) is 0 Å². The van der Waals surface area contributed by atoms with Gasteiger partial charge in [-0.2, -0.15) is 0 Å². The first-order valence-electron chi connectivity index (χ1n) is 6.88. The third-order valence-electron chi connectivity index (χ3n) is 3.78. The van der Waals surface area contributed by atoms with Crippen LogP contribution in [0.3, 0.4) is 0 Å².